The third-order valence-corrected chi connectivity index (χ3v) is 4.90. The van der Waals surface area contributed by atoms with E-state index in [1.165, 1.54) is 30.5 Å². The van der Waals surface area contributed by atoms with Crippen LogP contribution in [0.15, 0.2) is 57.1 Å². The molecule has 1 heterocycles. The van der Waals surface area contributed by atoms with Crippen LogP contribution >= 0.6 is 11.6 Å². The average Bonchev–Trinajstić information content (AvgIpc) is 3.04. The molecule has 0 aliphatic heterocycles. The summed E-state index contributed by atoms with van der Waals surface area (Å²) < 4.78 is 32.1. The first-order valence-electron chi connectivity index (χ1n) is 6.67. The van der Waals surface area contributed by atoms with E-state index in [0.717, 1.165) is 0 Å². The summed E-state index contributed by atoms with van der Waals surface area (Å²) in [5, 5.41) is 12.2. The van der Waals surface area contributed by atoms with E-state index in [2.05, 4.69) is 9.88 Å². The minimum Gasteiger partial charge on any atom is -0.469 e. The van der Waals surface area contributed by atoms with Gasteiger partial charge in [-0.05, 0) is 36.4 Å². The number of hydrogen-bond acceptors (Lipinski definition) is 5. The van der Waals surface area contributed by atoms with Gasteiger partial charge in [0.15, 0.2) is 0 Å². The number of nitrogens with two attached hydrogens (primary N) is 1. The van der Waals surface area contributed by atoms with Crippen LogP contribution in [0.2, 0.25) is 5.02 Å². The van der Waals surface area contributed by atoms with Gasteiger partial charge in [0.25, 0.3) is 0 Å². The second-order valence-corrected chi connectivity index (χ2v) is 7.01. The van der Waals surface area contributed by atoms with E-state index in [1.807, 2.05) is 0 Å². The maximum atomic E-state index is 12.2. The highest BCUT2D eigenvalue weighted by molar-refractivity contribution is 7.89. The van der Waals surface area contributed by atoms with Gasteiger partial charge in [-0.25, -0.2) is 13.1 Å². The Balaban J connectivity index is 2.09. The smallest absolute Gasteiger partial charge is 0.240 e. The Kier molecular flexibility index (Phi) is 5.64. The summed E-state index contributed by atoms with van der Waals surface area (Å²) in [7, 11) is -3.72. The topological polar surface area (TPSA) is 118 Å². The van der Waals surface area contributed by atoms with Gasteiger partial charge in [-0.15, -0.1) is 0 Å². The van der Waals surface area contributed by atoms with Crippen molar-refractivity contribution in [3.8, 4) is 0 Å². The van der Waals surface area contributed by atoms with Crippen molar-refractivity contribution >= 4 is 27.5 Å². The van der Waals surface area contributed by atoms with Crippen LogP contribution in [0.1, 0.15) is 5.76 Å². The number of sulfonamides is 1. The van der Waals surface area contributed by atoms with Gasteiger partial charge in [-0.3, -0.25) is 0 Å². The number of rotatable bonds is 7. The Bertz CT molecular complexity index is 758. The Hall–Kier alpha value is -2.03. The number of nitrogens with zero attached hydrogens (tertiary/aromatic N) is 1. The third kappa shape index (κ3) is 4.72. The van der Waals surface area contributed by atoms with Crippen molar-refractivity contribution in [2.45, 2.75) is 11.3 Å². The highest BCUT2D eigenvalue weighted by Crippen LogP contribution is 2.15. The molecule has 2 rings (SSSR count). The minimum atomic E-state index is -3.72. The van der Waals surface area contributed by atoms with E-state index in [1.54, 1.807) is 12.1 Å². The summed E-state index contributed by atoms with van der Waals surface area (Å²) >= 11 is 5.74. The minimum absolute atomic E-state index is 0.0401. The number of nitrogens with one attached hydrogen (secondary N) is 1. The summed E-state index contributed by atoms with van der Waals surface area (Å²) in [6.45, 7) is -0.0401. The number of benzene rings is 1. The molecule has 7 nitrogen and oxygen atoms in total. The SMILES string of the molecule is N/C(=N/O)[C@@H](CNS(=O)(=O)c1ccc(Cl)cc1)Cc1ccco1. The lowest BCUT2D eigenvalue weighted by Gasteiger charge is -2.15. The van der Waals surface area contributed by atoms with Crippen LogP contribution in [-0.2, 0) is 16.4 Å². The normalized spacial score (nSPS) is 13.9. The molecule has 0 saturated carbocycles. The highest BCUT2D eigenvalue weighted by Gasteiger charge is 2.21. The van der Waals surface area contributed by atoms with Crippen LogP contribution in [0.4, 0.5) is 0 Å². The van der Waals surface area contributed by atoms with Gasteiger partial charge in [0.05, 0.1) is 11.2 Å². The van der Waals surface area contributed by atoms with Crippen LogP contribution < -0.4 is 10.5 Å². The number of oxime groups is 1. The molecule has 4 N–H and O–H groups in total. The molecular formula is C14H16ClN3O4S. The molecule has 0 spiro atoms. The number of halogens is 1. The molecule has 1 atom stereocenters. The number of amidine groups is 1. The molecule has 0 aliphatic rings. The maximum absolute atomic E-state index is 12.2. The van der Waals surface area contributed by atoms with E-state index >= 15 is 0 Å². The maximum Gasteiger partial charge on any atom is 0.240 e. The van der Waals surface area contributed by atoms with Crippen molar-refractivity contribution in [2.75, 3.05) is 6.54 Å². The fraction of sp³-hybridized carbons (Fsp3) is 0.214. The molecule has 1 aromatic heterocycles. The van der Waals surface area contributed by atoms with Crippen LogP contribution in [-0.4, -0.2) is 26.0 Å². The first-order chi connectivity index (χ1) is 10.9. The van der Waals surface area contributed by atoms with Crippen molar-refractivity contribution in [2.24, 2.45) is 16.8 Å². The summed E-state index contributed by atoms with van der Waals surface area (Å²) in [6, 6.07) is 9.20. The molecule has 0 fully saturated rings. The molecule has 1 aromatic carbocycles. The molecule has 0 amide bonds. The van der Waals surface area contributed by atoms with Crippen LogP contribution in [0.5, 0.6) is 0 Å². The third-order valence-electron chi connectivity index (χ3n) is 3.21. The van der Waals surface area contributed by atoms with Gasteiger partial charge >= 0.3 is 0 Å². The number of furan rings is 1. The molecule has 124 valence electrons. The lowest BCUT2D eigenvalue weighted by Crippen LogP contribution is -2.37. The summed E-state index contributed by atoms with van der Waals surface area (Å²) in [5.41, 5.74) is 5.63. The highest BCUT2D eigenvalue weighted by atomic mass is 35.5. The Morgan fingerprint density at radius 2 is 2.04 bits per heavy atom. The molecule has 0 saturated heterocycles. The molecule has 0 unspecified atom stereocenters. The molecule has 9 heteroatoms. The second kappa shape index (κ2) is 7.49. The Morgan fingerprint density at radius 1 is 1.35 bits per heavy atom. The molecule has 23 heavy (non-hydrogen) atoms. The fourth-order valence-corrected chi connectivity index (χ4v) is 3.15. The lowest BCUT2D eigenvalue weighted by molar-refractivity contribution is 0.313. The second-order valence-electron chi connectivity index (χ2n) is 4.81. The van der Waals surface area contributed by atoms with Crippen molar-refractivity contribution in [1.82, 2.24) is 4.72 Å². The van der Waals surface area contributed by atoms with E-state index in [-0.39, 0.29) is 17.3 Å². The van der Waals surface area contributed by atoms with Gasteiger partial charge in [0, 0.05) is 23.9 Å². The molecule has 2 aromatic rings. The zero-order valence-electron chi connectivity index (χ0n) is 12.0. The summed E-state index contributed by atoms with van der Waals surface area (Å²) in [5.74, 6) is -0.0271. The first kappa shape index (κ1) is 17.3. The number of hydrogen-bond donors (Lipinski definition) is 3. The molecular weight excluding hydrogens is 342 g/mol. The van der Waals surface area contributed by atoms with E-state index in [9.17, 15) is 8.42 Å². The average molecular weight is 358 g/mol. The van der Waals surface area contributed by atoms with Crippen molar-refractivity contribution in [3.05, 3.63) is 53.4 Å². The van der Waals surface area contributed by atoms with Crippen LogP contribution in [0, 0.1) is 5.92 Å². The monoisotopic (exact) mass is 357 g/mol. The molecule has 0 bridgehead atoms. The fourth-order valence-electron chi connectivity index (χ4n) is 1.94. The van der Waals surface area contributed by atoms with E-state index in [0.29, 0.717) is 17.2 Å². The van der Waals surface area contributed by atoms with Gasteiger partial charge in [0.2, 0.25) is 10.0 Å². The van der Waals surface area contributed by atoms with Gasteiger partial charge in [0.1, 0.15) is 11.6 Å². The Labute approximate surface area is 138 Å². The summed E-state index contributed by atoms with van der Waals surface area (Å²) in [6.07, 6.45) is 1.79. The van der Waals surface area contributed by atoms with Gasteiger partial charge in [-0.2, -0.15) is 0 Å². The van der Waals surface area contributed by atoms with E-state index < -0.39 is 15.9 Å². The standard InChI is InChI=1S/C14H16ClN3O4S/c15-11-3-5-13(6-4-11)23(20,21)17-9-10(14(16)18-19)8-12-2-1-7-22-12/h1-7,10,17,19H,8-9H2,(H2,16,18)/t10-/m1/s1. The molecule has 0 radical (unpaired) electrons. The largest absolute Gasteiger partial charge is 0.469 e. The predicted octanol–water partition coefficient (Wildman–Crippen LogP) is 1.82. The van der Waals surface area contributed by atoms with Crippen molar-refractivity contribution in [3.63, 3.8) is 0 Å². The van der Waals surface area contributed by atoms with Crippen molar-refractivity contribution in [1.29, 1.82) is 0 Å². The summed E-state index contributed by atoms with van der Waals surface area (Å²) in [4.78, 5) is 0.0816. The zero-order chi connectivity index (χ0) is 16.9. The van der Waals surface area contributed by atoms with Crippen LogP contribution in [0.3, 0.4) is 0 Å². The Morgan fingerprint density at radius 3 is 2.61 bits per heavy atom. The first-order valence-corrected chi connectivity index (χ1v) is 8.53. The van der Waals surface area contributed by atoms with Gasteiger partial charge < -0.3 is 15.4 Å². The van der Waals surface area contributed by atoms with Crippen molar-refractivity contribution < 1.29 is 18.0 Å². The lowest BCUT2D eigenvalue weighted by atomic mass is 10.0. The zero-order valence-corrected chi connectivity index (χ0v) is 13.6. The molecule has 0 aliphatic carbocycles. The quantitative estimate of drug-likeness (QED) is 0.302. The van der Waals surface area contributed by atoms with Crippen LogP contribution in [0.25, 0.3) is 0 Å². The predicted molar refractivity (Wildman–Crippen MR) is 86.0 cm³/mol. The van der Waals surface area contributed by atoms with Gasteiger partial charge in [-0.1, -0.05) is 16.8 Å². The van der Waals surface area contributed by atoms with E-state index in [4.69, 9.17) is 27.0 Å².